The number of para-hydroxylation sites is 4. The summed E-state index contributed by atoms with van der Waals surface area (Å²) in [5, 5.41) is 14.2. The molecule has 0 spiro atoms. The summed E-state index contributed by atoms with van der Waals surface area (Å²) in [4.78, 5) is 2.43. The molecule has 0 aliphatic carbocycles. The third kappa shape index (κ3) is 4.45. The summed E-state index contributed by atoms with van der Waals surface area (Å²) in [5.41, 5.74) is 9.97. The highest BCUT2D eigenvalue weighted by Gasteiger charge is 2.23. The summed E-state index contributed by atoms with van der Waals surface area (Å²) >= 11 is 0. The van der Waals surface area contributed by atoms with Gasteiger partial charge in [0.05, 0.1) is 22.4 Å². The first kappa shape index (κ1) is 31.4. The van der Waals surface area contributed by atoms with E-state index >= 15 is 0 Å². The molecule has 3 heterocycles. The molecule has 4 heteroatoms. The Bertz CT molecular complexity index is 3830. The molecular weight excluding hydrogens is 709 g/mol. The van der Waals surface area contributed by atoms with Crippen LogP contribution in [-0.2, 0) is 0 Å². The van der Waals surface area contributed by atoms with Gasteiger partial charge in [-0.25, -0.2) is 0 Å². The van der Waals surface area contributed by atoms with Crippen LogP contribution in [-0.4, -0.2) is 4.57 Å². The number of nitrogens with zero attached hydrogens (tertiary/aromatic N) is 2. The number of furan rings is 2. The van der Waals surface area contributed by atoms with Crippen molar-refractivity contribution in [3.8, 4) is 5.69 Å². The number of hydrogen-bond acceptors (Lipinski definition) is 3. The minimum absolute atomic E-state index is 0.866. The minimum Gasteiger partial charge on any atom is -0.456 e. The fourth-order valence-corrected chi connectivity index (χ4v) is 9.53. The Kier molecular flexibility index (Phi) is 6.41. The maximum atomic E-state index is 6.47. The maximum absolute atomic E-state index is 6.47. The Balaban J connectivity index is 1.13. The number of benzene rings is 10. The summed E-state index contributed by atoms with van der Waals surface area (Å²) < 4.78 is 15.2. The number of fused-ring (bicyclic) bond motifs is 14. The van der Waals surface area contributed by atoms with Crippen molar-refractivity contribution in [3.63, 3.8) is 0 Å². The second-order valence-corrected chi connectivity index (χ2v) is 15.3. The van der Waals surface area contributed by atoms with Crippen LogP contribution in [0.15, 0.2) is 203 Å². The van der Waals surface area contributed by atoms with Crippen LogP contribution >= 0.6 is 0 Å². The van der Waals surface area contributed by atoms with Crippen molar-refractivity contribution < 1.29 is 8.83 Å². The molecule has 10 aromatic carbocycles. The van der Waals surface area contributed by atoms with E-state index in [9.17, 15) is 0 Å². The van der Waals surface area contributed by atoms with Crippen LogP contribution in [0.4, 0.5) is 17.1 Å². The molecule has 13 rings (SSSR count). The van der Waals surface area contributed by atoms with E-state index < -0.39 is 0 Å². The molecule has 0 atom stereocenters. The van der Waals surface area contributed by atoms with Gasteiger partial charge in [-0.15, -0.1) is 0 Å². The standard InChI is InChI=1S/C54H32N2O2/c1-2-11-38-33(10-1)21-27-40-39(38)26-22-34-20-23-35(30-46(34)40)55(36-25-29-52-47(31-36)43-14-5-8-19-51(43)57-52)49-17-9-15-45-41-12-3-6-16-48(41)56(54(45)49)37-24-28-44-42-13-4-7-18-50(42)58-53(44)32-37/h1-32H. The molecule has 0 fully saturated rings. The third-order valence-corrected chi connectivity index (χ3v) is 12.1. The highest BCUT2D eigenvalue weighted by molar-refractivity contribution is 6.19. The molecule has 270 valence electrons. The Morgan fingerprint density at radius 1 is 0.328 bits per heavy atom. The summed E-state index contributed by atoms with van der Waals surface area (Å²) in [6, 6.07) is 69.8. The summed E-state index contributed by atoms with van der Waals surface area (Å²) in [6.45, 7) is 0. The molecule has 0 amide bonds. The van der Waals surface area contributed by atoms with E-state index in [4.69, 9.17) is 8.83 Å². The number of rotatable bonds is 4. The molecule has 0 bridgehead atoms. The average Bonchev–Trinajstić information content (AvgIpc) is 3.96. The van der Waals surface area contributed by atoms with Crippen molar-refractivity contribution in [1.29, 1.82) is 0 Å². The van der Waals surface area contributed by atoms with Gasteiger partial charge in [-0.2, -0.15) is 0 Å². The van der Waals surface area contributed by atoms with Crippen molar-refractivity contribution in [3.05, 3.63) is 194 Å². The highest BCUT2D eigenvalue weighted by atomic mass is 16.3. The first-order chi connectivity index (χ1) is 28.7. The van der Waals surface area contributed by atoms with Crippen LogP contribution in [0.5, 0.6) is 0 Å². The monoisotopic (exact) mass is 740 g/mol. The normalized spacial score (nSPS) is 12.1. The number of anilines is 3. The molecule has 0 saturated carbocycles. The Labute approximate surface area is 332 Å². The van der Waals surface area contributed by atoms with Crippen molar-refractivity contribution in [2.75, 3.05) is 4.90 Å². The zero-order valence-electron chi connectivity index (χ0n) is 31.2. The quantitative estimate of drug-likeness (QED) is 0.169. The third-order valence-electron chi connectivity index (χ3n) is 12.1. The van der Waals surface area contributed by atoms with Crippen LogP contribution in [0.3, 0.4) is 0 Å². The number of hydrogen-bond donors (Lipinski definition) is 0. The van der Waals surface area contributed by atoms with Crippen LogP contribution in [0, 0.1) is 0 Å². The van der Waals surface area contributed by atoms with Crippen LogP contribution in [0.2, 0.25) is 0 Å². The molecule has 58 heavy (non-hydrogen) atoms. The van der Waals surface area contributed by atoms with E-state index in [1.807, 2.05) is 24.3 Å². The van der Waals surface area contributed by atoms with Gasteiger partial charge in [0.25, 0.3) is 0 Å². The van der Waals surface area contributed by atoms with Gasteiger partial charge < -0.3 is 18.3 Å². The predicted octanol–water partition coefficient (Wildman–Crippen LogP) is 15.5. The summed E-state index contributed by atoms with van der Waals surface area (Å²) in [6.07, 6.45) is 0. The minimum atomic E-state index is 0.866. The zero-order valence-corrected chi connectivity index (χ0v) is 31.2. The van der Waals surface area contributed by atoms with E-state index in [1.165, 1.54) is 43.1 Å². The SMILES string of the molecule is c1ccc2c(c1)ccc1c3cc(N(c4ccc5oc6ccccc6c5c4)c4cccc5c6ccccc6n(-c6ccc7c(c6)oc6ccccc67)c45)ccc3ccc21. The van der Waals surface area contributed by atoms with Gasteiger partial charge in [0.15, 0.2) is 0 Å². The smallest absolute Gasteiger partial charge is 0.137 e. The highest BCUT2D eigenvalue weighted by Crippen LogP contribution is 2.46. The Morgan fingerprint density at radius 2 is 0.879 bits per heavy atom. The molecule has 0 N–H and O–H groups in total. The molecule has 0 radical (unpaired) electrons. The molecular formula is C54H32N2O2. The maximum Gasteiger partial charge on any atom is 0.137 e. The predicted molar refractivity (Wildman–Crippen MR) is 243 cm³/mol. The van der Waals surface area contributed by atoms with Gasteiger partial charge in [-0.3, -0.25) is 0 Å². The van der Waals surface area contributed by atoms with Gasteiger partial charge in [0.1, 0.15) is 22.3 Å². The lowest BCUT2D eigenvalue weighted by atomic mass is 9.96. The van der Waals surface area contributed by atoms with E-state index in [0.717, 1.165) is 77.7 Å². The van der Waals surface area contributed by atoms with Crippen molar-refractivity contribution >= 4 is 115 Å². The van der Waals surface area contributed by atoms with E-state index in [0.29, 0.717) is 0 Å². The van der Waals surface area contributed by atoms with Gasteiger partial charge in [-0.1, -0.05) is 121 Å². The van der Waals surface area contributed by atoms with Crippen molar-refractivity contribution in [2.24, 2.45) is 0 Å². The van der Waals surface area contributed by atoms with Crippen LogP contribution < -0.4 is 4.90 Å². The fraction of sp³-hybridized carbons (Fsp3) is 0. The fourth-order valence-electron chi connectivity index (χ4n) is 9.53. The van der Waals surface area contributed by atoms with Gasteiger partial charge in [-0.05, 0) is 99.0 Å². The van der Waals surface area contributed by atoms with Crippen LogP contribution in [0.1, 0.15) is 0 Å². The molecule has 0 aliphatic heterocycles. The second kappa shape index (κ2) is 11.8. The molecule has 0 unspecified atom stereocenters. The Morgan fingerprint density at radius 3 is 1.71 bits per heavy atom. The summed E-state index contributed by atoms with van der Waals surface area (Å²) in [7, 11) is 0. The van der Waals surface area contributed by atoms with E-state index in [2.05, 4.69) is 179 Å². The number of aromatic nitrogens is 1. The molecule has 0 saturated heterocycles. The van der Waals surface area contributed by atoms with E-state index in [1.54, 1.807) is 0 Å². The lowest BCUT2D eigenvalue weighted by molar-refractivity contribution is 0.668. The lowest BCUT2D eigenvalue weighted by Crippen LogP contribution is -2.11. The zero-order chi connectivity index (χ0) is 37.9. The molecule has 3 aromatic heterocycles. The largest absolute Gasteiger partial charge is 0.456 e. The van der Waals surface area contributed by atoms with E-state index in [-0.39, 0.29) is 0 Å². The van der Waals surface area contributed by atoms with Crippen molar-refractivity contribution in [1.82, 2.24) is 4.57 Å². The van der Waals surface area contributed by atoms with Crippen molar-refractivity contribution in [2.45, 2.75) is 0 Å². The first-order valence-electron chi connectivity index (χ1n) is 19.7. The van der Waals surface area contributed by atoms with Gasteiger partial charge in [0.2, 0.25) is 0 Å². The van der Waals surface area contributed by atoms with Crippen LogP contribution in [0.25, 0.3) is 104 Å². The second-order valence-electron chi connectivity index (χ2n) is 15.3. The topological polar surface area (TPSA) is 34.5 Å². The first-order valence-corrected chi connectivity index (χ1v) is 19.7. The molecule has 13 aromatic rings. The van der Waals surface area contributed by atoms with Gasteiger partial charge >= 0.3 is 0 Å². The Hall–Kier alpha value is -7.82. The molecule has 0 aliphatic rings. The summed E-state index contributed by atoms with van der Waals surface area (Å²) in [5.74, 6) is 0. The van der Waals surface area contributed by atoms with Gasteiger partial charge in [0, 0.05) is 49.8 Å². The lowest BCUT2D eigenvalue weighted by Gasteiger charge is -2.27. The average molecular weight is 741 g/mol. The molecule has 4 nitrogen and oxygen atoms in total.